The van der Waals surface area contributed by atoms with Crippen LogP contribution in [0.25, 0.3) is 44.0 Å². The van der Waals surface area contributed by atoms with E-state index in [1.807, 2.05) is 0 Å². The average Bonchev–Trinajstić information content (AvgIpc) is 3.53. The molecule has 16 heteroatoms. The third-order valence-electron chi connectivity index (χ3n) is 14.4. The summed E-state index contributed by atoms with van der Waals surface area (Å²) < 4.78 is 66.1. The zero-order chi connectivity index (χ0) is 51.0. The fourth-order valence-corrected chi connectivity index (χ4v) is 16.0. The van der Waals surface area contributed by atoms with E-state index in [-0.39, 0.29) is 0 Å². The van der Waals surface area contributed by atoms with Crippen molar-refractivity contribution < 1.29 is 36.2 Å². The van der Waals surface area contributed by atoms with Gasteiger partial charge < -0.3 is 18.1 Å². The summed E-state index contributed by atoms with van der Waals surface area (Å²) in [5.41, 5.74) is 6.22. The molecule has 0 saturated carbocycles. The van der Waals surface area contributed by atoms with Gasteiger partial charge in [-0.2, -0.15) is 0 Å². The van der Waals surface area contributed by atoms with Crippen molar-refractivity contribution in [3.8, 4) is 40.2 Å². The van der Waals surface area contributed by atoms with Crippen LogP contribution < -0.4 is 31.7 Å². The monoisotopic (exact) mass is 1070 g/mol. The van der Waals surface area contributed by atoms with Gasteiger partial charge in [0.1, 0.15) is 23.0 Å². The number of rotatable bonds is 12. The summed E-state index contributed by atoms with van der Waals surface area (Å²) in [7, 11) is -7.39. The topological polar surface area (TPSA) is 86.8 Å². The molecular formula is C58H66N4O8P4+2. The zero-order valence-corrected chi connectivity index (χ0v) is 47.4. The second-order valence-corrected chi connectivity index (χ2v) is 24.4. The second kappa shape index (κ2) is 22.2. The Labute approximate surface area is 440 Å². The summed E-state index contributed by atoms with van der Waals surface area (Å²) in [6, 6.07) is 38.4. The van der Waals surface area contributed by atoms with Gasteiger partial charge in [0.15, 0.2) is 23.0 Å². The number of benzene rings is 7. The first-order chi connectivity index (χ1) is 36.2. The van der Waals surface area contributed by atoms with Gasteiger partial charge in [-0.3, -0.25) is 18.1 Å². The molecule has 0 amide bonds. The fraction of sp³-hybridized carbons (Fsp3) is 0.310. The van der Waals surface area contributed by atoms with Gasteiger partial charge in [0.2, 0.25) is 0 Å². The third kappa shape index (κ3) is 9.90. The van der Waals surface area contributed by atoms with Crippen molar-refractivity contribution in [3.63, 3.8) is 0 Å². The Morgan fingerprint density at radius 1 is 0.405 bits per heavy atom. The van der Waals surface area contributed by atoms with Gasteiger partial charge in [-0.05, 0) is 138 Å². The molecule has 4 aliphatic rings. The lowest BCUT2D eigenvalue weighted by molar-refractivity contribution is 0.330. The summed E-state index contributed by atoms with van der Waals surface area (Å²) in [5.74, 6) is 6.06. The highest BCUT2D eigenvalue weighted by atomic mass is 31.2. The Hall–Kier alpha value is -5.24. The average molecular weight is 1070 g/mol. The standard InChI is InChI=1S/C58H64N4O8P4/c1-9-59(10-2)71-63-43-25-19-40-22-30-56-50(46(40)34-43)37-51-47-36-45(27-21-41(47)23-31-57(51)69-74(68-56)62(15-7)16-8)65-72(60(11-3)12-4)66-54-28-17-39-18-29-55-53(49(54)33-39)38-52-48-35-44(64-71)26-20-42(48)24-32-58(52)70-73(67-55)61(13-5)14-6/h17-36H,9-16,37-38H2,1-8H3/p+2. The Morgan fingerprint density at radius 3 is 1.26 bits per heavy atom. The molecular weight excluding hydrogens is 1000 g/mol. The molecule has 3 heterocycles. The lowest BCUT2D eigenvalue weighted by Gasteiger charge is -2.31. The number of hydrogen-bond donors (Lipinski definition) is 0. The predicted octanol–water partition coefficient (Wildman–Crippen LogP) is 15.9. The molecule has 12 nitrogen and oxygen atoms in total. The van der Waals surface area contributed by atoms with E-state index in [1.165, 1.54) is 0 Å². The van der Waals surface area contributed by atoms with E-state index in [0.29, 0.717) is 12.8 Å². The van der Waals surface area contributed by atoms with Crippen LogP contribution in [0.1, 0.15) is 83.2 Å². The van der Waals surface area contributed by atoms with E-state index in [0.717, 1.165) is 164 Å². The first-order valence-corrected chi connectivity index (χ1v) is 31.0. The minimum Gasteiger partial charge on any atom is -0.427 e. The van der Waals surface area contributed by atoms with Crippen LogP contribution in [0.2, 0.25) is 0 Å². The van der Waals surface area contributed by atoms with Crippen LogP contribution >= 0.6 is 34.1 Å². The van der Waals surface area contributed by atoms with Gasteiger partial charge in [-0.25, -0.2) is 9.34 Å². The number of fused-ring (bicyclic) bond motifs is 4. The molecule has 4 unspecified atom stereocenters. The number of hydrogen-bond acceptors (Lipinski definition) is 12. The highest BCUT2D eigenvalue weighted by molar-refractivity contribution is 7.46. The van der Waals surface area contributed by atoms with E-state index < -0.39 is 34.1 Å². The molecule has 1 aliphatic carbocycles. The molecule has 0 fully saturated rings. The molecule has 0 saturated heterocycles. The molecule has 0 aromatic heterocycles. The molecule has 7 aromatic rings. The van der Waals surface area contributed by atoms with Gasteiger partial charge in [-0.1, -0.05) is 76.2 Å². The van der Waals surface area contributed by atoms with Gasteiger partial charge in [0.25, 0.3) is 0 Å². The highest BCUT2D eigenvalue weighted by Crippen LogP contribution is 2.56. The van der Waals surface area contributed by atoms with Crippen molar-refractivity contribution in [3.05, 3.63) is 149 Å². The van der Waals surface area contributed by atoms with Gasteiger partial charge in [-0.15, -0.1) is 9.34 Å². The van der Waals surface area contributed by atoms with Crippen molar-refractivity contribution in [2.75, 3.05) is 52.4 Å². The van der Waals surface area contributed by atoms with Crippen LogP contribution in [-0.4, -0.2) is 71.0 Å². The minimum absolute atomic E-state index is 0.509. The van der Waals surface area contributed by atoms with Gasteiger partial charge in [0.05, 0.1) is 0 Å². The molecule has 384 valence electrons. The Balaban J connectivity index is 1.15. The van der Waals surface area contributed by atoms with E-state index in [2.05, 4.69) is 195 Å². The summed E-state index contributed by atoms with van der Waals surface area (Å²) in [6.45, 7) is 23.3. The van der Waals surface area contributed by atoms with Crippen molar-refractivity contribution in [1.29, 1.82) is 0 Å². The molecule has 12 bridgehead atoms. The van der Waals surface area contributed by atoms with E-state index in [1.54, 1.807) is 0 Å². The maximum Gasteiger partial charge on any atom is 0.427 e. The highest BCUT2D eigenvalue weighted by Gasteiger charge is 2.37. The maximum atomic E-state index is 7.35. The molecule has 7 aromatic carbocycles. The maximum absolute atomic E-state index is 7.35. The van der Waals surface area contributed by atoms with Crippen LogP contribution in [0.5, 0.6) is 40.2 Å². The Kier molecular flexibility index (Phi) is 15.2. The molecule has 3 aliphatic heterocycles. The van der Waals surface area contributed by atoms with Gasteiger partial charge >= 0.3 is 34.1 Å². The zero-order valence-electron chi connectivity index (χ0n) is 43.6. The summed E-state index contributed by atoms with van der Waals surface area (Å²) in [5, 5.41) is 6.40. The fourth-order valence-electron chi connectivity index (χ4n) is 10.2. The number of allylic oxidation sites excluding steroid dienone is 2. The Morgan fingerprint density at radius 2 is 0.811 bits per heavy atom. The SMILES string of the molecule is CCN(CC)P1OC2=C3Cc4c(ccc5ccc(cc45)O[PH+](N(CC)CC)Oc4ccc5ccc6c(c5c4)Cc4c(ccc5ccc(cc45)O[PH+](N(CC)CC)Oc4ccc(cc43)C=C2)OP(N(CC)CC)O6)O1. The second-order valence-electron chi connectivity index (χ2n) is 18.5. The van der Waals surface area contributed by atoms with Crippen LogP contribution in [-0.2, 0) is 17.4 Å². The van der Waals surface area contributed by atoms with E-state index in [4.69, 9.17) is 36.2 Å². The van der Waals surface area contributed by atoms with Crippen LogP contribution in [0, 0.1) is 0 Å². The molecule has 0 radical (unpaired) electrons. The van der Waals surface area contributed by atoms with Crippen LogP contribution in [0.4, 0.5) is 0 Å². The van der Waals surface area contributed by atoms with Crippen molar-refractivity contribution >= 4 is 78.1 Å². The van der Waals surface area contributed by atoms with Crippen molar-refractivity contribution in [2.45, 2.75) is 68.2 Å². The van der Waals surface area contributed by atoms with Crippen LogP contribution in [0.3, 0.4) is 0 Å². The molecule has 0 N–H and O–H groups in total. The number of nitrogens with zero attached hydrogens (tertiary/aromatic N) is 4. The van der Waals surface area contributed by atoms with E-state index in [9.17, 15) is 0 Å². The quantitative estimate of drug-likeness (QED) is 0.109. The van der Waals surface area contributed by atoms with Crippen molar-refractivity contribution in [1.82, 2.24) is 18.7 Å². The summed E-state index contributed by atoms with van der Waals surface area (Å²) >= 11 is 0. The molecule has 0 spiro atoms. The molecule has 74 heavy (non-hydrogen) atoms. The minimum atomic E-state index is -2.19. The lowest BCUT2D eigenvalue weighted by Crippen LogP contribution is -2.23. The molecule has 4 atom stereocenters. The predicted molar refractivity (Wildman–Crippen MR) is 308 cm³/mol. The summed E-state index contributed by atoms with van der Waals surface area (Å²) in [6.07, 6.45) is 5.29. The third-order valence-corrected chi connectivity index (χ3v) is 21.8. The van der Waals surface area contributed by atoms with Gasteiger partial charge in [0, 0.05) is 93.0 Å². The smallest absolute Gasteiger partial charge is 0.427 e. The largest absolute Gasteiger partial charge is 0.427 e. The van der Waals surface area contributed by atoms with E-state index >= 15 is 0 Å². The normalized spacial score (nSPS) is 19.0. The first kappa shape index (κ1) is 50.9. The van der Waals surface area contributed by atoms with Crippen LogP contribution in [0.15, 0.2) is 121 Å². The lowest BCUT2D eigenvalue weighted by atomic mass is 9.92. The van der Waals surface area contributed by atoms with Crippen molar-refractivity contribution in [2.24, 2.45) is 0 Å². The molecule has 11 rings (SSSR count). The Bertz CT molecular complexity index is 3290. The first-order valence-electron chi connectivity index (χ1n) is 26.2. The summed E-state index contributed by atoms with van der Waals surface area (Å²) in [4.78, 5) is 0.